The molecule has 0 aromatic carbocycles. The normalized spacial score (nSPS) is 11.2. The molecule has 0 aliphatic heterocycles. The largest absolute Gasteiger partial charge is 0.478 e. The first-order valence-corrected chi connectivity index (χ1v) is 6.96. The molecule has 1 N–H and O–H groups in total. The summed E-state index contributed by atoms with van der Waals surface area (Å²) >= 11 is 0. The summed E-state index contributed by atoms with van der Waals surface area (Å²) in [7, 11) is 1.92. The smallest absolute Gasteiger partial charge is 0.211 e. The van der Waals surface area contributed by atoms with Gasteiger partial charge in [0.15, 0.2) is 0 Å². The Hall–Kier alpha value is -1.03. The molecule has 0 aliphatic rings. The molecular formula is C14H27N3O. The fourth-order valence-electron chi connectivity index (χ4n) is 1.87. The zero-order valence-corrected chi connectivity index (χ0v) is 12.2. The number of aryl methyl sites for hydroxylation is 2. The minimum Gasteiger partial charge on any atom is -0.478 e. The minimum absolute atomic E-state index is 0.599. The third-order valence-corrected chi connectivity index (χ3v) is 2.83. The first-order chi connectivity index (χ1) is 8.59. The summed E-state index contributed by atoms with van der Waals surface area (Å²) in [6, 6.07) is 2.58. The van der Waals surface area contributed by atoms with Crippen molar-refractivity contribution < 1.29 is 4.74 Å². The molecule has 0 atom stereocenters. The molecule has 0 saturated heterocycles. The van der Waals surface area contributed by atoms with E-state index < -0.39 is 0 Å². The molecule has 0 aliphatic carbocycles. The third kappa shape index (κ3) is 6.05. The number of nitrogens with one attached hydrogen (secondary N) is 1. The molecule has 104 valence electrons. The van der Waals surface area contributed by atoms with Gasteiger partial charge in [-0.1, -0.05) is 26.7 Å². The van der Waals surface area contributed by atoms with E-state index in [4.69, 9.17) is 4.74 Å². The van der Waals surface area contributed by atoms with Crippen LogP contribution in [-0.4, -0.2) is 29.0 Å². The van der Waals surface area contributed by atoms with E-state index in [9.17, 15) is 0 Å². The first-order valence-electron chi connectivity index (χ1n) is 6.96. The zero-order valence-electron chi connectivity index (χ0n) is 12.2. The molecule has 1 heterocycles. The number of nitrogens with zero attached hydrogens (tertiary/aromatic N) is 2. The van der Waals surface area contributed by atoms with Crippen LogP contribution in [-0.2, 0) is 7.05 Å². The lowest BCUT2D eigenvalue weighted by molar-refractivity contribution is 0.279. The van der Waals surface area contributed by atoms with Gasteiger partial charge in [0.05, 0.1) is 12.3 Å². The Morgan fingerprint density at radius 1 is 1.28 bits per heavy atom. The standard InChI is InChI=1S/C14H27N3O/c1-12(2)15-9-7-5-6-8-10-18-14-11-13(3)16-17(14)4/h11-12,15H,5-10H2,1-4H3. The lowest BCUT2D eigenvalue weighted by Crippen LogP contribution is -2.23. The van der Waals surface area contributed by atoms with E-state index in [1.54, 1.807) is 4.68 Å². The highest BCUT2D eigenvalue weighted by molar-refractivity contribution is 5.14. The van der Waals surface area contributed by atoms with Gasteiger partial charge in [0, 0.05) is 19.2 Å². The van der Waals surface area contributed by atoms with Crippen LogP contribution >= 0.6 is 0 Å². The quantitative estimate of drug-likeness (QED) is 0.688. The van der Waals surface area contributed by atoms with Gasteiger partial charge in [-0.05, 0) is 26.3 Å². The topological polar surface area (TPSA) is 39.1 Å². The van der Waals surface area contributed by atoms with Crippen LogP contribution in [0.3, 0.4) is 0 Å². The molecule has 1 aromatic heterocycles. The Labute approximate surface area is 111 Å². The molecule has 0 unspecified atom stereocenters. The van der Waals surface area contributed by atoms with Crippen molar-refractivity contribution in [3.63, 3.8) is 0 Å². The summed E-state index contributed by atoms with van der Waals surface area (Å²) in [5.74, 6) is 0.869. The van der Waals surface area contributed by atoms with E-state index >= 15 is 0 Å². The third-order valence-electron chi connectivity index (χ3n) is 2.83. The van der Waals surface area contributed by atoms with Crippen molar-refractivity contribution in [3.05, 3.63) is 11.8 Å². The van der Waals surface area contributed by atoms with Crippen LogP contribution in [0.25, 0.3) is 0 Å². The Bertz CT molecular complexity index is 334. The summed E-state index contributed by atoms with van der Waals surface area (Å²) in [4.78, 5) is 0. The maximum absolute atomic E-state index is 5.69. The predicted octanol–water partition coefficient (Wildman–Crippen LogP) is 2.67. The average Bonchev–Trinajstić information content (AvgIpc) is 2.61. The van der Waals surface area contributed by atoms with E-state index in [1.165, 1.54) is 19.3 Å². The van der Waals surface area contributed by atoms with Gasteiger partial charge < -0.3 is 10.1 Å². The van der Waals surface area contributed by atoms with Crippen molar-refractivity contribution in [1.82, 2.24) is 15.1 Å². The molecule has 1 aromatic rings. The highest BCUT2D eigenvalue weighted by atomic mass is 16.5. The highest BCUT2D eigenvalue weighted by Crippen LogP contribution is 2.11. The van der Waals surface area contributed by atoms with E-state index in [2.05, 4.69) is 24.3 Å². The molecule has 1 rings (SSSR count). The van der Waals surface area contributed by atoms with Gasteiger partial charge in [-0.15, -0.1) is 0 Å². The number of rotatable bonds is 9. The molecule has 0 amide bonds. The fraction of sp³-hybridized carbons (Fsp3) is 0.786. The average molecular weight is 253 g/mol. The van der Waals surface area contributed by atoms with Crippen molar-refractivity contribution in [2.24, 2.45) is 7.05 Å². The van der Waals surface area contributed by atoms with Crippen molar-refractivity contribution >= 4 is 0 Å². The van der Waals surface area contributed by atoms with Crippen molar-refractivity contribution in [1.29, 1.82) is 0 Å². The maximum Gasteiger partial charge on any atom is 0.211 e. The van der Waals surface area contributed by atoms with E-state index in [1.807, 2.05) is 20.0 Å². The van der Waals surface area contributed by atoms with Gasteiger partial charge in [0.2, 0.25) is 5.88 Å². The summed E-state index contributed by atoms with van der Waals surface area (Å²) in [5.41, 5.74) is 1.01. The lowest BCUT2D eigenvalue weighted by atomic mass is 10.2. The number of hydrogen-bond acceptors (Lipinski definition) is 3. The summed E-state index contributed by atoms with van der Waals surface area (Å²) < 4.78 is 7.48. The van der Waals surface area contributed by atoms with Gasteiger partial charge in [0.1, 0.15) is 0 Å². The summed E-state index contributed by atoms with van der Waals surface area (Å²) in [5, 5.41) is 7.68. The molecule has 0 fully saturated rings. The van der Waals surface area contributed by atoms with Gasteiger partial charge in [-0.3, -0.25) is 0 Å². The number of hydrogen-bond donors (Lipinski definition) is 1. The predicted molar refractivity (Wildman–Crippen MR) is 75.0 cm³/mol. The first kappa shape index (κ1) is 15.0. The minimum atomic E-state index is 0.599. The second-order valence-corrected chi connectivity index (χ2v) is 5.12. The number of aromatic nitrogens is 2. The van der Waals surface area contributed by atoms with E-state index in [-0.39, 0.29) is 0 Å². The second kappa shape index (κ2) is 8.14. The molecule has 0 bridgehead atoms. The number of ether oxygens (including phenoxy) is 1. The molecule has 0 saturated carbocycles. The highest BCUT2D eigenvalue weighted by Gasteiger charge is 2.01. The molecule has 18 heavy (non-hydrogen) atoms. The lowest BCUT2D eigenvalue weighted by Gasteiger charge is -2.08. The van der Waals surface area contributed by atoms with Crippen LogP contribution in [0.15, 0.2) is 6.07 Å². The molecule has 0 spiro atoms. The number of unbranched alkanes of at least 4 members (excludes halogenated alkanes) is 3. The SMILES string of the molecule is Cc1cc(OCCCCCCNC(C)C)n(C)n1. The molecule has 0 radical (unpaired) electrons. The van der Waals surface area contributed by atoms with Gasteiger partial charge >= 0.3 is 0 Å². The van der Waals surface area contributed by atoms with Gasteiger partial charge in [-0.2, -0.15) is 5.10 Å². The Morgan fingerprint density at radius 2 is 2.00 bits per heavy atom. The summed E-state index contributed by atoms with van der Waals surface area (Å²) in [6.45, 7) is 8.26. The van der Waals surface area contributed by atoms with Crippen LogP contribution in [0, 0.1) is 6.92 Å². The Balaban J connectivity index is 1.97. The van der Waals surface area contributed by atoms with Crippen molar-refractivity contribution in [2.45, 2.75) is 52.5 Å². The maximum atomic E-state index is 5.69. The van der Waals surface area contributed by atoms with Crippen LogP contribution in [0.1, 0.15) is 45.2 Å². The van der Waals surface area contributed by atoms with Crippen molar-refractivity contribution in [2.75, 3.05) is 13.2 Å². The molecule has 4 nitrogen and oxygen atoms in total. The summed E-state index contributed by atoms with van der Waals surface area (Å²) in [6.07, 6.45) is 4.87. The van der Waals surface area contributed by atoms with Crippen LogP contribution in [0.5, 0.6) is 5.88 Å². The Kier molecular flexibility index (Phi) is 6.80. The van der Waals surface area contributed by atoms with E-state index in [0.29, 0.717) is 6.04 Å². The Morgan fingerprint density at radius 3 is 2.61 bits per heavy atom. The van der Waals surface area contributed by atoms with Crippen LogP contribution in [0.2, 0.25) is 0 Å². The van der Waals surface area contributed by atoms with Gasteiger partial charge in [0.25, 0.3) is 0 Å². The molecule has 4 heteroatoms. The van der Waals surface area contributed by atoms with E-state index in [0.717, 1.165) is 31.1 Å². The van der Waals surface area contributed by atoms with Gasteiger partial charge in [-0.25, -0.2) is 4.68 Å². The van der Waals surface area contributed by atoms with Crippen LogP contribution < -0.4 is 10.1 Å². The van der Waals surface area contributed by atoms with Crippen molar-refractivity contribution in [3.8, 4) is 5.88 Å². The monoisotopic (exact) mass is 253 g/mol. The zero-order chi connectivity index (χ0) is 13.4. The fourth-order valence-corrected chi connectivity index (χ4v) is 1.87. The molecular weight excluding hydrogens is 226 g/mol. The second-order valence-electron chi connectivity index (χ2n) is 5.12. The van der Waals surface area contributed by atoms with Crippen LogP contribution in [0.4, 0.5) is 0 Å².